The van der Waals surface area contributed by atoms with Crippen LogP contribution in [0, 0.1) is 5.92 Å². The van der Waals surface area contributed by atoms with Crippen LogP contribution >= 0.6 is 0 Å². The first kappa shape index (κ1) is 10.4. The lowest BCUT2D eigenvalue weighted by molar-refractivity contribution is -0.122. The van der Waals surface area contributed by atoms with Crippen molar-refractivity contribution >= 4 is 5.78 Å². The molecule has 1 aliphatic heterocycles. The van der Waals surface area contributed by atoms with Crippen LogP contribution in [-0.2, 0) is 16.0 Å². The molecule has 2 rings (SSSR count). The molecule has 0 bridgehead atoms. The standard InChI is InChI=1S/C11H15NO3/c1-12-10-7-14-6-9(10)11(13)5-8-3-2-4-15-8/h2-4,9-10,12H,5-7H2,1H3. The molecule has 1 N–H and O–H groups in total. The van der Waals surface area contributed by atoms with Gasteiger partial charge in [-0.25, -0.2) is 0 Å². The van der Waals surface area contributed by atoms with E-state index in [-0.39, 0.29) is 17.7 Å². The fraction of sp³-hybridized carbons (Fsp3) is 0.545. The van der Waals surface area contributed by atoms with E-state index in [0.29, 0.717) is 19.6 Å². The third kappa shape index (κ3) is 2.27. The molecule has 0 saturated carbocycles. The zero-order valence-corrected chi connectivity index (χ0v) is 8.73. The van der Waals surface area contributed by atoms with Crippen molar-refractivity contribution in [3.05, 3.63) is 24.2 Å². The zero-order chi connectivity index (χ0) is 10.7. The molecular weight excluding hydrogens is 194 g/mol. The number of hydrogen-bond acceptors (Lipinski definition) is 4. The lowest BCUT2D eigenvalue weighted by Gasteiger charge is -2.14. The van der Waals surface area contributed by atoms with Gasteiger partial charge < -0.3 is 14.5 Å². The second-order valence-electron chi connectivity index (χ2n) is 3.76. The van der Waals surface area contributed by atoms with Crippen molar-refractivity contribution in [2.45, 2.75) is 12.5 Å². The van der Waals surface area contributed by atoms with Gasteiger partial charge in [-0.3, -0.25) is 4.79 Å². The third-order valence-electron chi connectivity index (χ3n) is 2.79. The molecule has 4 heteroatoms. The average Bonchev–Trinajstić information content (AvgIpc) is 2.86. The van der Waals surface area contributed by atoms with Gasteiger partial charge in [0.15, 0.2) is 0 Å². The molecular formula is C11H15NO3. The van der Waals surface area contributed by atoms with Gasteiger partial charge in [0.2, 0.25) is 0 Å². The second kappa shape index (κ2) is 4.59. The molecule has 82 valence electrons. The number of rotatable bonds is 4. The topological polar surface area (TPSA) is 51.5 Å². The van der Waals surface area contributed by atoms with E-state index in [1.54, 1.807) is 12.3 Å². The summed E-state index contributed by atoms with van der Waals surface area (Å²) in [6.07, 6.45) is 1.95. The Balaban J connectivity index is 1.96. The normalized spacial score (nSPS) is 25.7. The summed E-state index contributed by atoms with van der Waals surface area (Å²) in [5.74, 6) is 0.864. The van der Waals surface area contributed by atoms with E-state index in [1.807, 2.05) is 13.1 Å². The Hall–Kier alpha value is -1.13. The van der Waals surface area contributed by atoms with Crippen LogP contribution < -0.4 is 5.32 Å². The maximum absolute atomic E-state index is 11.9. The first-order valence-corrected chi connectivity index (χ1v) is 5.11. The number of carbonyl (C=O) groups is 1. The second-order valence-corrected chi connectivity index (χ2v) is 3.76. The van der Waals surface area contributed by atoms with Crippen LogP contribution in [0.25, 0.3) is 0 Å². The minimum Gasteiger partial charge on any atom is -0.469 e. The predicted molar refractivity (Wildman–Crippen MR) is 54.6 cm³/mol. The Labute approximate surface area is 88.6 Å². The monoisotopic (exact) mass is 209 g/mol. The number of Topliss-reactive ketones (excluding diaryl/α,β-unsaturated/α-hetero) is 1. The maximum atomic E-state index is 11.9. The fourth-order valence-corrected chi connectivity index (χ4v) is 1.87. The minimum absolute atomic E-state index is 0.0416. The van der Waals surface area contributed by atoms with Crippen molar-refractivity contribution in [2.75, 3.05) is 20.3 Å². The van der Waals surface area contributed by atoms with Crippen LogP contribution in [0.1, 0.15) is 5.76 Å². The molecule has 0 amide bonds. The largest absolute Gasteiger partial charge is 0.469 e. The summed E-state index contributed by atoms with van der Waals surface area (Å²) < 4.78 is 10.4. The lowest BCUT2D eigenvalue weighted by atomic mass is 9.96. The Morgan fingerprint density at radius 1 is 1.60 bits per heavy atom. The molecule has 1 aromatic heterocycles. The van der Waals surface area contributed by atoms with Gasteiger partial charge in [-0.15, -0.1) is 0 Å². The number of nitrogens with one attached hydrogen (secondary N) is 1. The summed E-state index contributed by atoms with van der Waals surface area (Å²) in [6.45, 7) is 1.14. The van der Waals surface area contributed by atoms with Gasteiger partial charge >= 0.3 is 0 Å². The van der Waals surface area contributed by atoms with Crippen molar-refractivity contribution in [3.63, 3.8) is 0 Å². The highest BCUT2D eigenvalue weighted by molar-refractivity contribution is 5.83. The summed E-state index contributed by atoms with van der Waals surface area (Å²) in [5.41, 5.74) is 0. The van der Waals surface area contributed by atoms with E-state index in [1.165, 1.54) is 0 Å². The quantitative estimate of drug-likeness (QED) is 0.790. The van der Waals surface area contributed by atoms with Gasteiger partial charge in [0.25, 0.3) is 0 Å². The third-order valence-corrected chi connectivity index (χ3v) is 2.79. The van der Waals surface area contributed by atoms with Gasteiger partial charge in [0.05, 0.1) is 31.8 Å². The molecule has 1 aliphatic rings. The maximum Gasteiger partial charge on any atom is 0.147 e. The number of ether oxygens (including phenoxy) is 1. The van der Waals surface area contributed by atoms with Gasteiger partial charge in [-0.05, 0) is 19.2 Å². The highest BCUT2D eigenvalue weighted by Gasteiger charge is 2.32. The Morgan fingerprint density at radius 3 is 3.13 bits per heavy atom. The van der Waals surface area contributed by atoms with Crippen LogP contribution in [0.4, 0.5) is 0 Å². The van der Waals surface area contributed by atoms with Gasteiger partial charge in [-0.1, -0.05) is 0 Å². The van der Waals surface area contributed by atoms with Crippen molar-refractivity contribution in [1.29, 1.82) is 0 Å². The number of likely N-dealkylation sites (N-methyl/N-ethyl adjacent to an activating group) is 1. The summed E-state index contributed by atoms with van der Waals surface area (Å²) in [7, 11) is 1.85. The van der Waals surface area contributed by atoms with Crippen molar-refractivity contribution in [3.8, 4) is 0 Å². The SMILES string of the molecule is CNC1COCC1C(=O)Cc1ccco1. The van der Waals surface area contributed by atoms with E-state index in [4.69, 9.17) is 9.15 Å². The molecule has 0 aliphatic carbocycles. The summed E-state index contributed by atoms with van der Waals surface area (Å²) in [6, 6.07) is 3.76. The van der Waals surface area contributed by atoms with E-state index in [0.717, 1.165) is 5.76 Å². The molecule has 4 nitrogen and oxygen atoms in total. The van der Waals surface area contributed by atoms with Crippen molar-refractivity contribution < 1.29 is 13.9 Å². The number of carbonyl (C=O) groups excluding carboxylic acids is 1. The highest BCUT2D eigenvalue weighted by Crippen LogP contribution is 2.17. The van der Waals surface area contributed by atoms with Crippen LogP contribution in [0.3, 0.4) is 0 Å². The smallest absolute Gasteiger partial charge is 0.147 e. The molecule has 0 aromatic carbocycles. The Bertz CT molecular complexity index is 321. The summed E-state index contributed by atoms with van der Waals surface area (Å²) in [5, 5.41) is 3.10. The summed E-state index contributed by atoms with van der Waals surface area (Å²) in [4.78, 5) is 11.9. The minimum atomic E-state index is -0.0416. The Kier molecular flexibility index (Phi) is 3.18. The molecule has 0 spiro atoms. The predicted octanol–water partition coefficient (Wildman–Crippen LogP) is 0.626. The van der Waals surface area contributed by atoms with Crippen LogP contribution in [0.5, 0.6) is 0 Å². The van der Waals surface area contributed by atoms with Crippen LogP contribution in [0.15, 0.2) is 22.8 Å². The Morgan fingerprint density at radius 2 is 2.47 bits per heavy atom. The molecule has 1 fully saturated rings. The van der Waals surface area contributed by atoms with Crippen molar-refractivity contribution in [1.82, 2.24) is 5.32 Å². The molecule has 0 radical (unpaired) electrons. The highest BCUT2D eigenvalue weighted by atomic mass is 16.5. The average molecular weight is 209 g/mol. The summed E-state index contributed by atoms with van der Waals surface area (Å²) >= 11 is 0. The fourth-order valence-electron chi connectivity index (χ4n) is 1.87. The lowest BCUT2D eigenvalue weighted by Crippen LogP contribution is -2.37. The number of hydrogen-bond donors (Lipinski definition) is 1. The van der Waals surface area contributed by atoms with Crippen molar-refractivity contribution in [2.24, 2.45) is 5.92 Å². The van der Waals surface area contributed by atoms with Gasteiger partial charge in [0.1, 0.15) is 11.5 Å². The van der Waals surface area contributed by atoms with Crippen LogP contribution in [-0.4, -0.2) is 32.1 Å². The van der Waals surface area contributed by atoms with Gasteiger partial charge in [-0.2, -0.15) is 0 Å². The molecule has 2 atom stereocenters. The molecule has 2 heterocycles. The van der Waals surface area contributed by atoms with E-state index in [2.05, 4.69) is 5.32 Å². The first-order chi connectivity index (χ1) is 7.31. The first-order valence-electron chi connectivity index (χ1n) is 5.11. The number of furan rings is 1. The van der Waals surface area contributed by atoms with Crippen LogP contribution in [0.2, 0.25) is 0 Å². The van der Waals surface area contributed by atoms with E-state index in [9.17, 15) is 4.79 Å². The van der Waals surface area contributed by atoms with E-state index < -0.39 is 0 Å². The molecule has 1 aromatic rings. The molecule has 15 heavy (non-hydrogen) atoms. The molecule has 2 unspecified atom stereocenters. The number of ketones is 1. The van der Waals surface area contributed by atoms with Gasteiger partial charge in [0, 0.05) is 6.04 Å². The molecule has 1 saturated heterocycles. The van der Waals surface area contributed by atoms with E-state index >= 15 is 0 Å². The zero-order valence-electron chi connectivity index (χ0n) is 8.73.